The van der Waals surface area contributed by atoms with E-state index in [1.54, 1.807) is 38.1 Å². The summed E-state index contributed by atoms with van der Waals surface area (Å²) in [5.74, 6) is -0.0772. The molecule has 0 saturated carbocycles. The topological polar surface area (TPSA) is 133 Å². The molecule has 0 aromatic heterocycles. The maximum atomic E-state index is 12.5. The monoisotopic (exact) mass is 392 g/mol. The second-order valence-corrected chi connectivity index (χ2v) is 5.89. The number of hydrogen-bond acceptors (Lipinski definition) is 4. The summed E-state index contributed by atoms with van der Waals surface area (Å²) >= 11 is 0. The van der Waals surface area contributed by atoms with Crippen LogP contribution < -0.4 is 32.0 Å². The van der Waals surface area contributed by atoms with Crippen LogP contribution in [0.1, 0.15) is 13.8 Å². The zero-order valence-electron chi connectivity index (χ0n) is 15.4. The summed E-state index contributed by atoms with van der Waals surface area (Å²) < 4.78 is 35.0. The average molecular weight is 392 g/mol. The Kier molecular flexibility index (Phi) is 6.96. The van der Waals surface area contributed by atoms with Crippen LogP contribution in [0.25, 0.3) is 0 Å². The van der Waals surface area contributed by atoms with Crippen LogP contribution in [0, 0.1) is 0 Å². The highest BCUT2D eigenvalue weighted by Gasteiger charge is 2.13. The molecule has 7 N–H and O–H groups in total. The number of alkyl halides is 2. The highest BCUT2D eigenvalue weighted by atomic mass is 19.3. The predicted molar refractivity (Wildman–Crippen MR) is 106 cm³/mol. The Balaban J connectivity index is 2.16. The first-order valence-electron chi connectivity index (χ1n) is 8.29. The van der Waals surface area contributed by atoms with Crippen LogP contribution in [0.2, 0.25) is 0 Å². The Hall–Kier alpha value is -3.56. The quantitative estimate of drug-likeness (QED) is 0.339. The van der Waals surface area contributed by atoms with Gasteiger partial charge in [0, 0.05) is 17.4 Å². The molecule has 28 heavy (non-hydrogen) atoms. The van der Waals surface area contributed by atoms with E-state index in [-0.39, 0.29) is 29.5 Å². The van der Waals surface area contributed by atoms with Crippen molar-refractivity contribution in [3.05, 3.63) is 42.5 Å². The fourth-order valence-corrected chi connectivity index (χ4v) is 2.13. The zero-order chi connectivity index (χ0) is 20.7. The van der Waals surface area contributed by atoms with E-state index in [0.29, 0.717) is 17.1 Å². The van der Waals surface area contributed by atoms with Gasteiger partial charge in [-0.2, -0.15) is 13.8 Å². The van der Waals surface area contributed by atoms with Gasteiger partial charge in [-0.25, -0.2) is 4.99 Å². The molecule has 150 valence electrons. The number of rotatable bonds is 6. The molecule has 0 heterocycles. The van der Waals surface area contributed by atoms with E-state index in [9.17, 15) is 8.78 Å². The number of anilines is 2. The predicted octanol–water partition coefficient (Wildman–Crippen LogP) is 3.03. The number of hydrogen-bond donors (Lipinski definition) is 4. The van der Waals surface area contributed by atoms with Gasteiger partial charge in [-0.15, -0.1) is 0 Å². The number of nitrogens with zero attached hydrogens (tertiary/aromatic N) is 2. The van der Waals surface area contributed by atoms with Crippen molar-refractivity contribution in [3.8, 4) is 11.5 Å². The van der Waals surface area contributed by atoms with Crippen molar-refractivity contribution in [2.24, 2.45) is 21.5 Å². The molecule has 0 aliphatic carbocycles. The third-order valence-electron chi connectivity index (χ3n) is 3.17. The Morgan fingerprint density at radius 2 is 1.68 bits per heavy atom. The standard InChI is InChI=1S/C18H22F2N6O2/c1-10(2)27-15-9-13(7-8-14(15)28-16(19)20)25-18(23)26-17(22)24-12-5-3-11(21)4-6-12/h3-10,16H,21H2,1-2H3,(H5,22,23,24,25,26). The minimum Gasteiger partial charge on any atom is -0.487 e. The second-order valence-electron chi connectivity index (χ2n) is 5.89. The summed E-state index contributed by atoms with van der Waals surface area (Å²) in [6.45, 7) is 0.552. The molecule has 0 aliphatic heterocycles. The molecule has 0 aliphatic rings. The van der Waals surface area contributed by atoms with Gasteiger partial charge in [-0.05, 0) is 50.2 Å². The lowest BCUT2D eigenvalue weighted by Crippen LogP contribution is -2.26. The summed E-state index contributed by atoms with van der Waals surface area (Å²) in [6.07, 6.45) is -0.246. The van der Waals surface area contributed by atoms with Crippen molar-refractivity contribution >= 4 is 29.0 Å². The molecule has 0 spiro atoms. The van der Waals surface area contributed by atoms with Crippen LogP contribution in [-0.4, -0.2) is 24.6 Å². The highest BCUT2D eigenvalue weighted by molar-refractivity contribution is 6.01. The van der Waals surface area contributed by atoms with Crippen molar-refractivity contribution in [2.45, 2.75) is 26.6 Å². The molecule has 2 aromatic carbocycles. The van der Waals surface area contributed by atoms with Crippen LogP contribution >= 0.6 is 0 Å². The molecule has 0 bridgehead atoms. The molecule has 0 fully saturated rings. The van der Waals surface area contributed by atoms with E-state index in [2.05, 4.69) is 20.0 Å². The molecule has 0 radical (unpaired) electrons. The van der Waals surface area contributed by atoms with Crippen LogP contribution in [0.3, 0.4) is 0 Å². The summed E-state index contributed by atoms with van der Waals surface area (Å²) in [4.78, 5) is 8.03. The molecule has 8 nitrogen and oxygen atoms in total. The third-order valence-corrected chi connectivity index (χ3v) is 3.17. The number of nitrogens with one attached hydrogen (secondary N) is 1. The summed E-state index contributed by atoms with van der Waals surface area (Å²) in [5.41, 5.74) is 18.8. The van der Waals surface area contributed by atoms with Crippen molar-refractivity contribution in [2.75, 3.05) is 11.1 Å². The Bertz CT molecular complexity index is 854. The number of nitrogen functional groups attached to an aromatic ring is 1. The van der Waals surface area contributed by atoms with E-state index in [1.807, 2.05) is 0 Å². The fraction of sp³-hybridized carbons (Fsp3) is 0.222. The lowest BCUT2D eigenvalue weighted by molar-refractivity contribution is -0.0518. The number of aliphatic imine (C=N–C) groups is 2. The summed E-state index contributed by atoms with van der Waals surface area (Å²) in [5, 5.41) is 2.79. The lowest BCUT2D eigenvalue weighted by atomic mass is 10.2. The minimum absolute atomic E-state index is 0.0466. The van der Waals surface area contributed by atoms with Crippen LogP contribution in [0.4, 0.5) is 25.8 Å². The smallest absolute Gasteiger partial charge is 0.387 e. The number of benzene rings is 2. The van der Waals surface area contributed by atoms with Crippen LogP contribution in [0.15, 0.2) is 52.4 Å². The zero-order valence-corrected chi connectivity index (χ0v) is 15.4. The van der Waals surface area contributed by atoms with Gasteiger partial charge in [0.2, 0.25) is 11.9 Å². The van der Waals surface area contributed by atoms with E-state index in [1.165, 1.54) is 18.2 Å². The van der Waals surface area contributed by atoms with E-state index >= 15 is 0 Å². The normalized spacial score (nSPS) is 12.4. The van der Waals surface area contributed by atoms with Gasteiger partial charge in [0.15, 0.2) is 11.5 Å². The van der Waals surface area contributed by atoms with Gasteiger partial charge in [0.1, 0.15) is 0 Å². The Morgan fingerprint density at radius 3 is 2.29 bits per heavy atom. The van der Waals surface area contributed by atoms with Gasteiger partial charge < -0.3 is 32.0 Å². The van der Waals surface area contributed by atoms with E-state index in [0.717, 1.165) is 0 Å². The molecule has 0 atom stereocenters. The Morgan fingerprint density at radius 1 is 1.00 bits per heavy atom. The first-order valence-corrected chi connectivity index (χ1v) is 8.29. The van der Waals surface area contributed by atoms with Crippen LogP contribution in [-0.2, 0) is 0 Å². The summed E-state index contributed by atoms with van der Waals surface area (Å²) in [7, 11) is 0. The molecule has 0 saturated heterocycles. The SMILES string of the molecule is CC(C)Oc1cc(NC(N)=NC(N)=Nc2ccc(N)cc2)ccc1OC(F)F. The number of guanidine groups is 2. The average Bonchev–Trinajstić information content (AvgIpc) is 2.58. The van der Waals surface area contributed by atoms with Gasteiger partial charge in [0.25, 0.3) is 0 Å². The van der Waals surface area contributed by atoms with Crippen molar-refractivity contribution in [1.82, 2.24) is 0 Å². The van der Waals surface area contributed by atoms with Gasteiger partial charge in [-0.3, -0.25) is 0 Å². The fourth-order valence-electron chi connectivity index (χ4n) is 2.13. The largest absolute Gasteiger partial charge is 0.487 e. The maximum Gasteiger partial charge on any atom is 0.387 e. The van der Waals surface area contributed by atoms with E-state index < -0.39 is 6.61 Å². The summed E-state index contributed by atoms with van der Waals surface area (Å²) in [6, 6.07) is 11.0. The number of ether oxygens (including phenoxy) is 2. The van der Waals surface area contributed by atoms with Crippen molar-refractivity contribution < 1.29 is 18.3 Å². The van der Waals surface area contributed by atoms with E-state index in [4.69, 9.17) is 21.9 Å². The second kappa shape index (κ2) is 9.40. The first kappa shape index (κ1) is 20.7. The highest BCUT2D eigenvalue weighted by Crippen LogP contribution is 2.32. The maximum absolute atomic E-state index is 12.5. The minimum atomic E-state index is -2.97. The van der Waals surface area contributed by atoms with Gasteiger partial charge >= 0.3 is 6.61 Å². The molecule has 2 aromatic rings. The molecular formula is C18H22F2N6O2. The molecule has 2 rings (SSSR count). The third kappa shape index (κ3) is 6.63. The Labute approximate surface area is 161 Å². The molecule has 0 unspecified atom stereocenters. The van der Waals surface area contributed by atoms with Crippen molar-refractivity contribution in [3.63, 3.8) is 0 Å². The molecular weight excluding hydrogens is 370 g/mol. The van der Waals surface area contributed by atoms with Gasteiger partial charge in [0.05, 0.1) is 11.8 Å². The lowest BCUT2D eigenvalue weighted by Gasteiger charge is -2.16. The molecule has 10 heteroatoms. The molecule has 0 amide bonds. The van der Waals surface area contributed by atoms with Crippen LogP contribution in [0.5, 0.6) is 11.5 Å². The van der Waals surface area contributed by atoms with Gasteiger partial charge in [-0.1, -0.05) is 0 Å². The first-order chi connectivity index (χ1) is 13.2. The number of halogens is 2. The van der Waals surface area contributed by atoms with Crippen molar-refractivity contribution in [1.29, 1.82) is 0 Å². The number of nitrogens with two attached hydrogens (primary N) is 3.